The van der Waals surface area contributed by atoms with Crippen LogP contribution in [0.15, 0.2) is 48.5 Å². The number of likely N-dealkylation sites (tertiary alicyclic amines) is 1. The van der Waals surface area contributed by atoms with E-state index >= 15 is 0 Å². The molecule has 1 amide bonds. The molecule has 1 unspecified atom stereocenters. The summed E-state index contributed by atoms with van der Waals surface area (Å²) in [4.78, 5) is 15.0. The third-order valence-electron chi connectivity index (χ3n) is 5.40. The predicted molar refractivity (Wildman–Crippen MR) is 109 cm³/mol. The van der Waals surface area contributed by atoms with Crippen molar-refractivity contribution in [2.75, 3.05) is 26.7 Å². The van der Waals surface area contributed by atoms with Crippen LogP contribution in [0.4, 0.5) is 0 Å². The van der Waals surface area contributed by atoms with Gasteiger partial charge in [-0.2, -0.15) is 0 Å². The first-order valence-electron chi connectivity index (χ1n) is 9.83. The van der Waals surface area contributed by atoms with Crippen LogP contribution in [-0.2, 0) is 17.8 Å². The first kappa shape index (κ1) is 19.4. The van der Waals surface area contributed by atoms with Crippen molar-refractivity contribution in [3.8, 4) is 5.75 Å². The van der Waals surface area contributed by atoms with Crippen LogP contribution in [0, 0.1) is 12.8 Å². The third kappa shape index (κ3) is 5.57. The molecular weight excluding hydrogens is 336 g/mol. The second-order valence-electron chi connectivity index (χ2n) is 7.39. The molecule has 0 aromatic heterocycles. The van der Waals surface area contributed by atoms with Gasteiger partial charge in [-0.05, 0) is 61.6 Å². The van der Waals surface area contributed by atoms with Crippen molar-refractivity contribution < 1.29 is 9.53 Å². The summed E-state index contributed by atoms with van der Waals surface area (Å²) < 4.78 is 5.18. The van der Waals surface area contributed by atoms with Crippen LogP contribution in [-0.4, -0.2) is 37.6 Å². The number of benzene rings is 2. The molecule has 1 N–H and O–H groups in total. The average molecular weight is 367 g/mol. The lowest BCUT2D eigenvalue weighted by Gasteiger charge is -2.32. The summed E-state index contributed by atoms with van der Waals surface area (Å²) in [6.45, 7) is 5.69. The van der Waals surface area contributed by atoms with Crippen molar-refractivity contribution in [2.24, 2.45) is 5.92 Å². The van der Waals surface area contributed by atoms with E-state index in [2.05, 4.69) is 53.5 Å². The molecule has 0 aliphatic carbocycles. The Labute approximate surface area is 162 Å². The summed E-state index contributed by atoms with van der Waals surface area (Å²) in [5, 5.41) is 3.13. The number of aryl methyl sites for hydroxylation is 1. The van der Waals surface area contributed by atoms with E-state index in [-0.39, 0.29) is 11.8 Å². The van der Waals surface area contributed by atoms with Crippen molar-refractivity contribution in [2.45, 2.75) is 32.7 Å². The number of amides is 1. The first-order chi connectivity index (χ1) is 13.2. The van der Waals surface area contributed by atoms with E-state index in [1.54, 1.807) is 7.11 Å². The number of piperidine rings is 1. The lowest BCUT2D eigenvalue weighted by Crippen LogP contribution is -2.43. The normalized spacial score (nSPS) is 17.5. The summed E-state index contributed by atoms with van der Waals surface area (Å²) in [5.74, 6) is 1.15. The number of methoxy groups -OCH3 is 1. The second-order valence-corrected chi connectivity index (χ2v) is 7.39. The molecular formula is C23H30N2O2. The molecule has 2 aromatic carbocycles. The Morgan fingerprint density at radius 2 is 1.96 bits per heavy atom. The van der Waals surface area contributed by atoms with Gasteiger partial charge in [-0.1, -0.05) is 36.4 Å². The highest BCUT2D eigenvalue weighted by Gasteiger charge is 2.25. The first-order valence-corrected chi connectivity index (χ1v) is 9.83. The fraction of sp³-hybridized carbons (Fsp3) is 0.435. The smallest absolute Gasteiger partial charge is 0.224 e. The summed E-state index contributed by atoms with van der Waals surface area (Å²) in [6, 6.07) is 16.5. The molecule has 1 aliphatic rings. The predicted octanol–water partition coefficient (Wildman–Crippen LogP) is 3.57. The van der Waals surface area contributed by atoms with Crippen LogP contribution in [0.5, 0.6) is 5.75 Å². The van der Waals surface area contributed by atoms with Crippen molar-refractivity contribution in [1.29, 1.82) is 0 Å². The van der Waals surface area contributed by atoms with Crippen molar-refractivity contribution in [3.63, 3.8) is 0 Å². The van der Waals surface area contributed by atoms with E-state index in [0.717, 1.165) is 44.6 Å². The maximum atomic E-state index is 12.6. The van der Waals surface area contributed by atoms with Crippen LogP contribution in [0.25, 0.3) is 0 Å². The Morgan fingerprint density at radius 3 is 2.70 bits per heavy atom. The lowest BCUT2D eigenvalue weighted by atomic mass is 9.96. The maximum absolute atomic E-state index is 12.6. The standard InChI is InChI=1S/C23H30N2O2/c1-18-6-3-4-7-20(18)16-25-15-5-8-21(17-25)23(26)24-14-13-19-9-11-22(27-2)12-10-19/h3-4,6-7,9-12,21H,5,8,13-17H2,1-2H3,(H,24,26). The molecule has 3 rings (SSSR count). The van der Waals surface area contributed by atoms with Crippen LogP contribution < -0.4 is 10.1 Å². The number of nitrogens with one attached hydrogen (secondary N) is 1. The van der Waals surface area contributed by atoms with E-state index < -0.39 is 0 Å². The van der Waals surface area contributed by atoms with Crippen LogP contribution in [0.3, 0.4) is 0 Å². The van der Waals surface area contributed by atoms with Gasteiger partial charge in [0.1, 0.15) is 5.75 Å². The van der Waals surface area contributed by atoms with Gasteiger partial charge in [0.25, 0.3) is 0 Å². The summed E-state index contributed by atoms with van der Waals surface area (Å²) >= 11 is 0. The number of carbonyl (C=O) groups excluding carboxylic acids is 1. The molecule has 4 heteroatoms. The molecule has 1 fully saturated rings. The van der Waals surface area contributed by atoms with E-state index in [4.69, 9.17) is 4.74 Å². The molecule has 1 aliphatic heterocycles. The van der Waals surface area contributed by atoms with Gasteiger partial charge in [0.2, 0.25) is 5.91 Å². The van der Waals surface area contributed by atoms with Gasteiger partial charge in [0.05, 0.1) is 13.0 Å². The molecule has 2 aromatic rings. The zero-order chi connectivity index (χ0) is 19.1. The Balaban J connectivity index is 1.45. The van der Waals surface area contributed by atoms with Gasteiger partial charge in [0.15, 0.2) is 0 Å². The molecule has 0 spiro atoms. The zero-order valence-electron chi connectivity index (χ0n) is 16.4. The molecule has 1 heterocycles. The second kappa shape index (κ2) is 9.56. The maximum Gasteiger partial charge on any atom is 0.224 e. The minimum atomic E-state index is 0.0960. The van der Waals surface area contributed by atoms with E-state index in [9.17, 15) is 4.79 Å². The van der Waals surface area contributed by atoms with Crippen molar-refractivity contribution >= 4 is 5.91 Å². The average Bonchev–Trinajstić information content (AvgIpc) is 2.70. The topological polar surface area (TPSA) is 41.6 Å². The van der Waals surface area contributed by atoms with Crippen LogP contribution in [0.2, 0.25) is 0 Å². The van der Waals surface area contributed by atoms with E-state index in [0.29, 0.717) is 6.54 Å². The van der Waals surface area contributed by atoms with E-state index in [1.807, 2.05) is 12.1 Å². The molecule has 27 heavy (non-hydrogen) atoms. The summed E-state index contributed by atoms with van der Waals surface area (Å²) in [5.41, 5.74) is 3.89. The van der Waals surface area contributed by atoms with Crippen LogP contribution >= 0.6 is 0 Å². The summed E-state index contributed by atoms with van der Waals surface area (Å²) in [7, 11) is 1.67. The minimum Gasteiger partial charge on any atom is -0.497 e. The Kier molecular flexibility index (Phi) is 6.88. The molecule has 0 bridgehead atoms. The zero-order valence-corrected chi connectivity index (χ0v) is 16.4. The Bertz CT molecular complexity index is 742. The van der Waals surface area contributed by atoms with Crippen LogP contribution in [0.1, 0.15) is 29.5 Å². The largest absolute Gasteiger partial charge is 0.497 e. The number of ether oxygens (including phenoxy) is 1. The highest BCUT2D eigenvalue weighted by Crippen LogP contribution is 2.20. The molecule has 1 atom stereocenters. The van der Waals surface area contributed by atoms with Gasteiger partial charge in [-0.15, -0.1) is 0 Å². The number of hydrogen-bond donors (Lipinski definition) is 1. The number of carbonyl (C=O) groups is 1. The minimum absolute atomic E-state index is 0.0960. The Hall–Kier alpha value is -2.33. The SMILES string of the molecule is COc1ccc(CCNC(=O)C2CCCN(Cc3ccccc3C)C2)cc1. The van der Waals surface area contributed by atoms with Crippen molar-refractivity contribution in [1.82, 2.24) is 10.2 Å². The van der Waals surface area contributed by atoms with Gasteiger partial charge >= 0.3 is 0 Å². The van der Waals surface area contributed by atoms with Gasteiger partial charge in [-0.3, -0.25) is 9.69 Å². The molecule has 1 saturated heterocycles. The van der Waals surface area contributed by atoms with E-state index in [1.165, 1.54) is 16.7 Å². The number of rotatable bonds is 7. The monoisotopic (exact) mass is 366 g/mol. The summed E-state index contributed by atoms with van der Waals surface area (Å²) in [6.07, 6.45) is 2.91. The molecule has 144 valence electrons. The quantitative estimate of drug-likeness (QED) is 0.814. The number of hydrogen-bond acceptors (Lipinski definition) is 3. The van der Waals surface area contributed by atoms with Gasteiger partial charge < -0.3 is 10.1 Å². The highest BCUT2D eigenvalue weighted by molar-refractivity contribution is 5.79. The van der Waals surface area contributed by atoms with Gasteiger partial charge in [0, 0.05) is 19.6 Å². The lowest BCUT2D eigenvalue weighted by molar-refractivity contribution is -0.126. The Morgan fingerprint density at radius 1 is 1.19 bits per heavy atom. The molecule has 0 radical (unpaired) electrons. The molecule has 0 saturated carbocycles. The van der Waals surface area contributed by atoms with Gasteiger partial charge in [-0.25, -0.2) is 0 Å². The third-order valence-corrected chi connectivity index (χ3v) is 5.40. The fourth-order valence-electron chi connectivity index (χ4n) is 3.71. The van der Waals surface area contributed by atoms with Crippen molar-refractivity contribution in [3.05, 3.63) is 65.2 Å². The number of nitrogens with zero attached hydrogens (tertiary/aromatic N) is 1. The highest BCUT2D eigenvalue weighted by atomic mass is 16.5. The fourth-order valence-corrected chi connectivity index (χ4v) is 3.71. The molecule has 4 nitrogen and oxygen atoms in total.